The number of hydrogen-bond acceptors (Lipinski definition) is 2. The Bertz CT molecular complexity index is 269. The van der Waals surface area contributed by atoms with Crippen molar-refractivity contribution < 1.29 is 4.39 Å². The number of hydrogen-bond donors (Lipinski definition) is 1. The molecule has 0 radical (unpaired) electrons. The first kappa shape index (κ1) is 6.79. The number of nitrogens with zero attached hydrogens (tertiary/aromatic N) is 2. The van der Waals surface area contributed by atoms with Crippen molar-refractivity contribution in [3.8, 4) is 0 Å². The predicted molar refractivity (Wildman–Crippen MR) is 38.3 cm³/mol. The van der Waals surface area contributed by atoms with E-state index in [0.717, 1.165) is 25.1 Å². The van der Waals surface area contributed by atoms with Crippen molar-refractivity contribution >= 4 is 0 Å². The van der Waals surface area contributed by atoms with Gasteiger partial charge in [0.25, 0.3) is 0 Å². The molecular weight excluding hydrogens is 145 g/mol. The van der Waals surface area contributed by atoms with Crippen LogP contribution in [0.25, 0.3) is 0 Å². The second-order valence-electron chi connectivity index (χ2n) is 2.86. The van der Waals surface area contributed by atoms with Crippen LogP contribution in [0.5, 0.6) is 0 Å². The van der Waals surface area contributed by atoms with Gasteiger partial charge >= 0.3 is 0 Å². The third-order valence-corrected chi connectivity index (χ3v) is 2.05. The van der Waals surface area contributed by atoms with Crippen LogP contribution in [0.4, 0.5) is 4.39 Å². The summed E-state index contributed by atoms with van der Waals surface area (Å²) in [7, 11) is 0. The second kappa shape index (κ2) is 2.30. The summed E-state index contributed by atoms with van der Waals surface area (Å²) in [5.74, 6) is -0.419. The molecule has 1 unspecified atom stereocenters. The normalized spacial score (nSPS) is 23.3. The lowest BCUT2D eigenvalue weighted by Gasteiger charge is -2.18. The van der Waals surface area contributed by atoms with Crippen molar-refractivity contribution in [1.82, 2.24) is 9.78 Å². The molecule has 1 atom stereocenters. The van der Waals surface area contributed by atoms with Crippen LogP contribution in [0.15, 0.2) is 6.07 Å². The van der Waals surface area contributed by atoms with Crippen LogP contribution in [0.3, 0.4) is 0 Å². The maximum absolute atomic E-state index is 12.6. The Hall–Kier alpha value is -0.900. The quantitative estimate of drug-likeness (QED) is 0.602. The molecule has 1 aliphatic heterocycles. The Kier molecular flexibility index (Phi) is 1.42. The minimum atomic E-state index is -0.419. The van der Waals surface area contributed by atoms with Crippen LogP contribution in [-0.4, -0.2) is 9.78 Å². The minimum absolute atomic E-state index is 0.0271. The molecule has 0 amide bonds. The average molecular weight is 155 g/mol. The summed E-state index contributed by atoms with van der Waals surface area (Å²) in [4.78, 5) is 0. The third kappa shape index (κ3) is 1.03. The van der Waals surface area contributed by atoms with Crippen molar-refractivity contribution in [2.45, 2.75) is 25.4 Å². The highest BCUT2D eigenvalue weighted by Gasteiger charge is 2.18. The summed E-state index contributed by atoms with van der Waals surface area (Å²) in [5, 5.41) is 3.67. The Balaban J connectivity index is 2.43. The van der Waals surface area contributed by atoms with Gasteiger partial charge in [0.05, 0.1) is 5.69 Å². The Morgan fingerprint density at radius 3 is 3.27 bits per heavy atom. The molecule has 2 N–H and O–H groups in total. The number of nitrogens with two attached hydrogens (primary N) is 1. The highest BCUT2D eigenvalue weighted by Crippen LogP contribution is 2.22. The summed E-state index contributed by atoms with van der Waals surface area (Å²) < 4.78 is 14.2. The van der Waals surface area contributed by atoms with Crippen LogP contribution < -0.4 is 5.73 Å². The smallest absolute Gasteiger partial charge is 0.233 e. The van der Waals surface area contributed by atoms with Gasteiger partial charge in [-0.1, -0.05) is 0 Å². The van der Waals surface area contributed by atoms with Gasteiger partial charge in [0, 0.05) is 18.7 Å². The van der Waals surface area contributed by atoms with E-state index >= 15 is 0 Å². The van der Waals surface area contributed by atoms with Crippen molar-refractivity contribution in [2.75, 3.05) is 0 Å². The first-order valence-corrected chi connectivity index (χ1v) is 3.76. The molecule has 1 aliphatic rings. The summed E-state index contributed by atoms with van der Waals surface area (Å²) in [6, 6.07) is 1.39. The molecule has 0 spiro atoms. The predicted octanol–water partition coefficient (Wildman–Crippen LogP) is 0.816. The van der Waals surface area contributed by atoms with E-state index in [4.69, 9.17) is 5.73 Å². The first-order valence-electron chi connectivity index (χ1n) is 3.76. The van der Waals surface area contributed by atoms with Crippen molar-refractivity contribution in [2.24, 2.45) is 5.73 Å². The largest absolute Gasteiger partial charge is 0.323 e. The summed E-state index contributed by atoms with van der Waals surface area (Å²) >= 11 is 0. The molecule has 60 valence electrons. The van der Waals surface area contributed by atoms with E-state index in [-0.39, 0.29) is 6.04 Å². The van der Waals surface area contributed by atoms with E-state index in [2.05, 4.69) is 5.10 Å². The van der Waals surface area contributed by atoms with Gasteiger partial charge in [-0.25, -0.2) is 0 Å². The molecule has 0 bridgehead atoms. The SMILES string of the molecule is NC1CCCn2nc(F)cc21. The molecule has 0 saturated carbocycles. The van der Waals surface area contributed by atoms with Gasteiger partial charge in [-0.3, -0.25) is 4.68 Å². The Labute approximate surface area is 64.0 Å². The molecular formula is C7H10FN3. The lowest BCUT2D eigenvalue weighted by molar-refractivity contribution is 0.419. The Morgan fingerprint density at radius 2 is 2.55 bits per heavy atom. The van der Waals surface area contributed by atoms with Gasteiger partial charge in [-0.15, -0.1) is 5.10 Å². The fraction of sp³-hybridized carbons (Fsp3) is 0.571. The molecule has 0 fully saturated rings. The molecule has 4 heteroatoms. The first-order chi connectivity index (χ1) is 5.27. The van der Waals surface area contributed by atoms with Crippen LogP contribution >= 0.6 is 0 Å². The molecule has 1 aromatic heterocycles. The lowest BCUT2D eigenvalue weighted by atomic mass is 10.1. The van der Waals surface area contributed by atoms with Crippen LogP contribution in [-0.2, 0) is 6.54 Å². The van der Waals surface area contributed by atoms with Crippen molar-refractivity contribution in [3.63, 3.8) is 0 Å². The number of fused-ring (bicyclic) bond motifs is 1. The van der Waals surface area contributed by atoms with E-state index in [1.165, 1.54) is 6.07 Å². The van der Waals surface area contributed by atoms with Gasteiger partial charge in [0.2, 0.25) is 5.95 Å². The van der Waals surface area contributed by atoms with Crippen LogP contribution in [0.2, 0.25) is 0 Å². The highest BCUT2D eigenvalue weighted by molar-refractivity contribution is 5.09. The molecule has 2 heterocycles. The van der Waals surface area contributed by atoms with E-state index in [9.17, 15) is 4.39 Å². The van der Waals surface area contributed by atoms with Crippen LogP contribution in [0.1, 0.15) is 24.6 Å². The number of halogens is 1. The molecule has 2 rings (SSSR count). The maximum Gasteiger partial charge on any atom is 0.233 e. The van der Waals surface area contributed by atoms with Crippen molar-refractivity contribution in [3.05, 3.63) is 17.7 Å². The molecule has 1 aromatic rings. The van der Waals surface area contributed by atoms with Crippen molar-refractivity contribution in [1.29, 1.82) is 0 Å². The molecule has 0 aromatic carbocycles. The topological polar surface area (TPSA) is 43.8 Å². The van der Waals surface area contributed by atoms with Gasteiger partial charge in [-0.05, 0) is 12.8 Å². The zero-order valence-corrected chi connectivity index (χ0v) is 6.13. The lowest BCUT2D eigenvalue weighted by Crippen LogP contribution is -2.21. The zero-order chi connectivity index (χ0) is 7.84. The molecule has 0 saturated heterocycles. The summed E-state index contributed by atoms with van der Waals surface area (Å²) in [6.45, 7) is 0.799. The number of rotatable bonds is 0. The fourth-order valence-corrected chi connectivity index (χ4v) is 1.48. The second-order valence-corrected chi connectivity index (χ2v) is 2.86. The third-order valence-electron chi connectivity index (χ3n) is 2.05. The molecule has 0 aliphatic carbocycles. The highest BCUT2D eigenvalue weighted by atomic mass is 19.1. The minimum Gasteiger partial charge on any atom is -0.323 e. The van der Waals surface area contributed by atoms with Gasteiger partial charge in [0.15, 0.2) is 0 Å². The number of aromatic nitrogens is 2. The molecule has 3 nitrogen and oxygen atoms in total. The van der Waals surface area contributed by atoms with E-state index in [1.54, 1.807) is 4.68 Å². The van der Waals surface area contributed by atoms with E-state index in [0.29, 0.717) is 0 Å². The zero-order valence-electron chi connectivity index (χ0n) is 6.13. The fourth-order valence-electron chi connectivity index (χ4n) is 1.48. The molecule has 11 heavy (non-hydrogen) atoms. The van der Waals surface area contributed by atoms with E-state index in [1.807, 2.05) is 0 Å². The van der Waals surface area contributed by atoms with Gasteiger partial charge < -0.3 is 5.73 Å². The van der Waals surface area contributed by atoms with E-state index < -0.39 is 5.95 Å². The summed E-state index contributed by atoms with van der Waals surface area (Å²) in [5.41, 5.74) is 6.56. The average Bonchev–Trinajstić information content (AvgIpc) is 2.31. The Morgan fingerprint density at radius 1 is 1.73 bits per heavy atom. The summed E-state index contributed by atoms with van der Waals surface area (Å²) in [6.07, 6.45) is 1.93. The standard InChI is InChI=1S/C7H10FN3/c8-7-4-6-5(9)2-1-3-11(6)10-7/h4-5H,1-3,9H2. The number of aryl methyl sites for hydroxylation is 1. The van der Waals surface area contributed by atoms with Crippen LogP contribution in [0, 0.1) is 5.95 Å². The van der Waals surface area contributed by atoms with Gasteiger partial charge in [0.1, 0.15) is 0 Å². The van der Waals surface area contributed by atoms with Gasteiger partial charge in [-0.2, -0.15) is 4.39 Å². The monoisotopic (exact) mass is 155 g/mol. The maximum atomic E-state index is 12.6.